The van der Waals surface area contributed by atoms with Gasteiger partial charge in [-0.25, -0.2) is 9.59 Å². The number of carbonyl (C=O) groups excluding carboxylic acids is 2. The standard InChI is InChI=1S/C12H21N3O4/c1-7(6-8-2-3-8)14-12(19)15-9(11(17)18)4-5-10(13)16/h7-9H,2-6H2,1H3,(H2,13,16)(H,17,18)(H2,14,15,19)/t7?,9-/m0/s1. The van der Waals surface area contributed by atoms with Crippen molar-refractivity contribution in [1.82, 2.24) is 10.6 Å². The summed E-state index contributed by atoms with van der Waals surface area (Å²) in [5.74, 6) is -1.08. The molecule has 0 bridgehead atoms. The number of aliphatic carboxylic acids is 1. The zero-order valence-electron chi connectivity index (χ0n) is 11.0. The van der Waals surface area contributed by atoms with E-state index in [1.54, 1.807) is 0 Å². The maximum absolute atomic E-state index is 11.6. The third-order valence-electron chi connectivity index (χ3n) is 3.04. The van der Waals surface area contributed by atoms with Crippen molar-refractivity contribution in [3.8, 4) is 0 Å². The Kier molecular flexibility index (Phi) is 5.59. The van der Waals surface area contributed by atoms with Gasteiger partial charge in [0.15, 0.2) is 0 Å². The van der Waals surface area contributed by atoms with E-state index in [0.29, 0.717) is 5.92 Å². The average Bonchev–Trinajstić information content (AvgIpc) is 3.06. The number of carboxylic acid groups (broad SMARTS) is 1. The second-order valence-electron chi connectivity index (χ2n) is 5.09. The van der Waals surface area contributed by atoms with Crippen LogP contribution in [0.1, 0.15) is 39.0 Å². The van der Waals surface area contributed by atoms with Crippen LogP contribution in [0.3, 0.4) is 0 Å². The van der Waals surface area contributed by atoms with Crippen LogP contribution >= 0.6 is 0 Å². The van der Waals surface area contributed by atoms with Gasteiger partial charge in [-0.05, 0) is 25.7 Å². The number of hydrogen-bond donors (Lipinski definition) is 4. The molecule has 0 heterocycles. The van der Waals surface area contributed by atoms with Crippen molar-refractivity contribution in [2.45, 2.75) is 51.1 Å². The highest BCUT2D eigenvalue weighted by Crippen LogP contribution is 2.33. The third kappa shape index (κ3) is 6.64. The van der Waals surface area contributed by atoms with E-state index in [0.717, 1.165) is 6.42 Å². The van der Waals surface area contributed by atoms with Crippen molar-refractivity contribution >= 4 is 17.9 Å². The van der Waals surface area contributed by atoms with Gasteiger partial charge >= 0.3 is 12.0 Å². The Morgan fingerprint density at radius 3 is 2.42 bits per heavy atom. The Bertz CT molecular complexity index is 355. The molecule has 108 valence electrons. The first-order valence-electron chi connectivity index (χ1n) is 6.46. The number of carbonyl (C=O) groups is 3. The van der Waals surface area contributed by atoms with Crippen molar-refractivity contribution < 1.29 is 19.5 Å². The molecule has 1 aliphatic carbocycles. The summed E-state index contributed by atoms with van der Waals surface area (Å²) in [6.07, 6.45) is 3.23. The van der Waals surface area contributed by atoms with Crippen LogP contribution in [0.25, 0.3) is 0 Å². The molecule has 1 unspecified atom stereocenters. The van der Waals surface area contributed by atoms with E-state index in [1.165, 1.54) is 12.8 Å². The van der Waals surface area contributed by atoms with E-state index >= 15 is 0 Å². The number of primary amides is 1. The number of amides is 3. The Morgan fingerprint density at radius 2 is 1.95 bits per heavy atom. The van der Waals surface area contributed by atoms with Crippen molar-refractivity contribution in [3.05, 3.63) is 0 Å². The van der Waals surface area contributed by atoms with Gasteiger partial charge in [-0.15, -0.1) is 0 Å². The molecule has 2 atom stereocenters. The first-order chi connectivity index (χ1) is 8.88. The van der Waals surface area contributed by atoms with E-state index in [-0.39, 0.29) is 18.9 Å². The predicted octanol–water partition coefficient (Wildman–Crippen LogP) is 0.193. The fourth-order valence-electron chi connectivity index (χ4n) is 1.88. The van der Waals surface area contributed by atoms with Crippen molar-refractivity contribution in [3.63, 3.8) is 0 Å². The number of rotatable bonds is 8. The predicted molar refractivity (Wildman–Crippen MR) is 68.3 cm³/mol. The molecule has 0 saturated heterocycles. The Labute approximate surface area is 111 Å². The maximum atomic E-state index is 11.6. The SMILES string of the molecule is CC(CC1CC1)NC(=O)N[C@@H](CCC(N)=O)C(=O)O. The molecule has 1 fully saturated rings. The molecule has 7 nitrogen and oxygen atoms in total. The lowest BCUT2D eigenvalue weighted by molar-refractivity contribution is -0.139. The van der Waals surface area contributed by atoms with Crippen LogP contribution in [-0.2, 0) is 9.59 Å². The monoisotopic (exact) mass is 271 g/mol. The lowest BCUT2D eigenvalue weighted by Gasteiger charge is -2.18. The quantitative estimate of drug-likeness (QED) is 0.503. The second-order valence-corrected chi connectivity index (χ2v) is 5.09. The molecule has 0 spiro atoms. The number of hydrogen-bond acceptors (Lipinski definition) is 3. The summed E-state index contributed by atoms with van der Waals surface area (Å²) in [7, 11) is 0. The van der Waals surface area contributed by atoms with Crippen LogP contribution in [0.4, 0.5) is 4.79 Å². The highest BCUT2D eigenvalue weighted by Gasteiger charge is 2.25. The molecule has 3 amide bonds. The Hall–Kier alpha value is -1.79. The average molecular weight is 271 g/mol. The van der Waals surface area contributed by atoms with Gasteiger partial charge in [0.05, 0.1) is 0 Å². The number of nitrogens with two attached hydrogens (primary N) is 1. The van der Waals surface area contributed by atoms with E-state index < -0.39 is 23.9 Å². The number of urea groups is 1. The van der Waals surface area contributed by atoms with Gasteiger partial charge in [-0.3, -0.25) is 4.79 Å². The Balaban J connectivity index is 2.32. The van der Waals surface area contributed by atoms with Gasteiger partial charge in [0.25, 0.3) is 0 Å². The third-order valence-corrected chi connectivity index (χ3v) is 3.04. The molecule has 0 aromatic carbocycles. The number of nitrogens with one attached hydrogen (secondary N) is 2. The minimum Gasteiger partial charge on any atom is -0.480 e. The molecule has 1 rings (SSSR count). The largest absolute Gasteiger partial charge is 0.480 e. The Morgan fingerprint density at radius 1 is 1.32 bits per heavy atom. The summed E-state index contributed by atoms with van der Waals surface area (Å²) >= 11 is 0. The second kappa shape index (κ2) is 6.96. The zero-order valence-corrected chi connectivity index (χ0v) is 11.0. The molecule has 7 heteroatoms. The summed E-state index contributed by atoms with van der Waals surface area (Å²) < 4.78 is 0. The van der Waals surface area contributed by atoms with E-state index in [1.807, 2.05) is 6.92 Å². The van der Waals surface area contributed by atoms with Crippen LogP contribution in [0.5, 0.6) is 0 Å². The van der Waals surface area contributed by atoms with Gasteiger partial charge in [0.1, 0.15) is 6.04 Å². The summed E-state index contributed by atoms with van der Waals surface area (Å²) in [5.41, 5.74) is 4.95. The lowest BCUT2D eigenvalue weighted by Crippen LogP contribution is -2.48. The molecular weight excluding hydrogens is 250 g/mol. The molecule has 1 saturated carbocycles. The molecule has 0 aromatic rings. The van der Waals surface area contributed by atoms with Crippen molar-refractivity contribution in [1.29, 1.82) is 0 Å². The number of carboxylic acids is 1. The zero-order chi connectivity index (χ0) is 14.4. The van der Waals surface area contributed by atoms with Crippen molar-refractivity contribution in [2.75, 3.05) is 0 Å². The minimum absolute atomic E-state index is 0.00487. The highest BCUT2D eigenvalue weighted by molar-refractivity contribution is 5.83. The molecule has 0 aromatic heterocycles. The van der Waals surface area contributed by atoms with Crippen LogP contribution < -0.4 is 16.4 Å². The molecule has 19 heavy (non-hydrogen) atoms. The first kappa shape index (κ1) is 15.3. The van der Waals surface area contributed by atoms with Gasteiger partial charge in [0.2, 0.25) is 5.91 Å². The van der Waals surface area contributed by atoms with Crippen LogP contribution in [0.2, 0.25) is 0 Å². The van der Waals surface area contributed by atoms with Crippen LogP contribution in [0, 0.1) is 5.92 Å². The van der Waals surface area contributed by atoms with Gasteiger partial charge in [-0.1, -0.05) is 12.8 Å². The normalized spacial score (nSPS) is 17.3. The van der Waals surface area contributed by atoms with Crippen LogP contribution in [0.15, 0.2) is 0 Å². The van der Waals surface area contributed by atoms with E-state index in [9.17, 15) is 14.4 Å². The summed E-state index contributed by atoms with van der Waals surface area (Å²) in [6, 6.07) is -1.61. The lowest BCUT2D eigenvalue weighted by atomic mass is 10.1. The first-order valence-corrected chi connectivity index (χ1v) is 6.46. The van der Waals surface area contributed by atoms with Gasteiger partial charge < -0.3 is 21.5 Å². The smallest absolute Gasteiger partial charge is 0.326 e. The van der Waals surface area contributed by atoms with E-state index in [4.69, 9.17) is 10.8 Å². The van der Waals surface area contributed by atoms with Gasteiger partial charge in [0, 0.05) is 12.5 Å². The minimum atomic E-state index is -1.17. The fraction of sp³-hybridized carbons (Fsp3) is 0.750. The topological polar surface area (TPSA) is 122 Å². The summed E-state index contributed by atoms with van der Waals surface area (Å²) in [5, 5.41) is 14.0. The maximum Gasteiger partial charge on any atom is 0.326 e. The van der Waals surface area contributed by atoms with E-state index in [2.05, 4.69) is 10.6 Å². The van der Waals surface area contributed by atoms with Crippen molar-refractivity contribution in [2.24, 2.45) is 11.7 Å². The molecule has 5 N–H and O–H groups in total. The summed E-state index contributed by atoms with van der Waals surface area (Å²) in [4.78, 5) is 33.2. The molecule has 0 aliphatic heterocycles. The fourth-order valence-corrected chi connectivity index (χ4v) is 1.88. The molecule has 0 radical (unpaired) electrons. The van der Waals surface area contributed by atoms with Gasteiger partial charge in [-0.2, -0.15) is 0 Å². The highest BCUT2D eigenvalue weighted by atomic mass is 16.4. The van der Waals surface area contributed by atoms with Crippen LogP contribution in [-0.4, -0.2) is 35.1 Å². The summed E-state index contributed by atoms with van der Waals surface area (Å²) in [6.45, 7) is 1.89. The molecule has 1 aliphatic rings. The molecular formula is C12H21N3O4.